The molecule has 0 bridgehead atoms. The van der Waals surface area contributed by atoms with Crippen molar-refractivity contribution < 1.29 is 19.1 Å². The fraction of sp³-hybridized carbons (Fsp3) is 0.300. The molecule has 134 valence electrons. The van der Waals surface area contributed by atoms with Crippen LogP contribution in [-0.4, -0.2) is 30.6 Å². The van der Waals surface area contributed by atoms with Crippen molar-refractivity contribution in [3.05, 3.63) is 48.0 Å². The second-order valence-electron chi connectivity index (χ2n) is 6.56. The molecule has 0 unspecified atom stereocenters. The number of anilines is 2. The highest BCUT2D eigenvalue weighted by atomic mass is 16.6. The van der Waals surface area contributed by atoms with Gasteiger partial charge in [-0.3, -0.25) is 9.59 Å². The number of fused-ring (bicyclic) bond motifs is 2. The number of hydrogen-bond donors (Lipinski definition) is 1. The predicted octanol–water partition coefficient (Wildman–Crippen LogP) is 2.76. The summed E-state index contributed by atoms with van der Waals surface area (Å²) >= 11 is 0. The predicted molar refractivity (Wildman–Crippen MR) is 97.8 cm³/mol. The lowest BCUT2D eigenvalue weighted by atomic mass is 10.1. The van der Waals surface area contributed by atoms with Crippen LogP contribution in [-0.2, 0) is 16.0 Å². The third kappa shape index (κ3) is 2.87. The first-order valence-electron chi connectivity index (χ1n) is 8.67. The van der Waals surface area contributed by atoms with Crippen molar-refractivity contribution in [2.75, 3.05) is 16.8 Å². The van der Waals surface area contributed by atoms with Crippen LogP contribution >= 0.6 is 0 Å². The second-order valence-corrected chi connectivity index (χ2v) is 6.56. The van der Waals surface area contributed by atoms with Crippen molar-refractivity contribution in [3.63, 3.8) is 0 Å². The lowest BCUT2D eigenvalue weighted by Gasteiger charge is -2.31. The maximum Gasteiger partial charge on any atom is 0.269 e. The number of nitrogens with zero attached hydrogens (tertiary/aromatic N) is 1. The van der Waals surface area contributed by atoms with Crippen LogP contribution in [0.3, 0.4) is 0 Å². The number of ether oxygens (including phenoxy) is 2. The topological polar surface area (TPSA) is 67.9 Å². The zero-order valence-electron chi connectivity index (χ0n) is 14.7. The van der Waals surface area contributed by atoms with Gasteiger partial charge in [0.2, 0.25) is 12.0 Å². The van der Waals surface area contributed by atoms with Crippen LogP contribution < -0.4 is 19.7 Å². The maximum absolute atomic E-state index is 12.7. The van der Waals surface area contributed by atoms with Gasteiger partial charge >= 0.3 is 0 Å². The minimum Gasteiger partial charge on any atom is -0.482 e. The standard InChI is InChI=1S/C20H20N2O4/c1-12-19(26-18-6-4-3-5-17(18)25-12)20(24)21-15-7-8-16-14(11-15)9-10-22(16)13(2)23/h3-8,11-12,19H,9-10H2,1-2H3,(H,21,24)/t12-,19+/m1/s1. The van der Waals surface area contributed by atoms with Gasteiger partial charge in [0.25, 0.3) is 5.91 Å². The normalized spacial score (nSPS) is 20.5. The van der Waals surface area contributed by atoms with Gasteiger partial charge in [-0.2, -0.15) is 0 Å². The number of amides is 2. The van der Waals surface area contributed by atoms with E-state index in [0.717, 1.165) is 17.7 Å². The van der Waals surface area contributed by atoms with Crippen molar-refractivity contribution in [1.82, 2.24) is 0 Å². The molecule has 1 N–H and O–H groups in total. The highest BCUT2D eigenvalue weighted by Gasteiger charge is 2.34. The van der Waals surface area contributed by atoms with Crippen molar-refractivity contribution in [1.29, 1.82) is 0 Å². The van der Waals surface area contributed by atoms with Crippen LogP contribution in [0.2, 0.25) is 0 Å². The molecule has 2 aromatic carbocycles. The first-order valence-corrected chi connectivity index (χ1v) is 8.67. The molecule has 0 saturated heterocycles. The van der Waals surface area contributed by atoms with Crippen LogP contribution in [0.4, 0.5) is 11.4 Å². The molecule has 6 nitrogen and oxygen atoms in total. The van der Waals surface area contributed by atoms with Gasteiger partial charge in [-0.25, -0.2) is 0 Å². The lowest BCUT2D eigenvalue weighted by molar-refractivity contribution is -0.128. The van der Waals surface area contributed by atoms with Gasteiger partial charge in [0.15, 0.2) is 11.5 Å². The summed E-state index contributed by atoms with van der Waals surface area (Å²) in [6.45, 7) is 4.05. The van der Waals surface area contributed by atoms with E-state index in [1.807, 2.05) is 37.3 Å². The highest BCUT2D eigenvalue weighted by Crippen LogP contribution is 2.34. The van der Waals surface area contributed by atoms with E-state index >= 15 is 0 Å². The molecular weight excluding hydrogens is 332 g/mol. The molecule has 0 fully saturated rings. The van der Waals surface area contributed by atoms with E-state index in [0.29, 0.717) is 23.7 Å². The zero-order chi connectivity index (χ0) is 18.3. The Morgan fingerprint density at radius 3 is 2.58 bits per heavy atom. The van der Waals surface area contributed by atoms with E-state index in [4.69, 9.17) is 9.47 Å². The molecule has 0 spiro atoms. The molecule has 2 aromatic rings. The summed E-state index contributed by atoms with van der Waals surface area (Å²) < 4.78 is 11.6. The number of carbonyl (C=O) groups is 2. The average Bonchev–Trinajstić information content (AvgIpc) is 3.04. The Morgan fingerprint density at radius 1 is 1.12 bits per heavy atom. The number of hydrogen-bond acceptors (Lipinski definition) is 4. The summed E-state index contributed by atoms with van der Waals surface area (Å²) in [6, 6.07) is 12.9. The van der Waals surface area contributed by atoms with Crippen molar-refractivity contribution in [2.24, 2.45) is 0 Å². The Balaban J connectivity index is 1.50. The Bertz CT molecular complexity index is 880. The molecular formula is C20H20N2O4. The maximum atomic E-state index is 12.7. The average molecular weight is 352 g/mol. The smallest absolute Gasteiger partial charge is 0.269 e. The van der Waals surface area contributed by atoms with E-state index in [-0.39, 0.29) is 11.8 Å². The summed E-state index contributed by atoms with van der Waals surface area (Å²) in [5.41, 5.74) is 2.65. The third-order valence-corrected chi connectivity index (χ3v) is 4.72. The van der Waals surface area contributed by atoms with Crippen molar-refractivity contribution >= 4 is 23.2 Å². The van der Waals surface area contributed by atoms with Gasteiger partial charge in [0.1, 0.15) is 6.10 Å². The van der Waals surface area contributed by atoms with Crippen LogP contribution in [0.5, 0.6) is 11.5 Å². The SMILES string of the molecule is CC(=O)N1CCc2cc(NC(=O)[C@H]3Oc4ccccc4O[C@@H]3C)ccc21. The van der Waals surface area contributed by atoms with E-state index in [1.165, 1.54) is 0 Å². The molecule has 0 aromatic heterocycles. The summed E-state index contributed by atoms with van der Waals surface area (Å²) in [5, 5.41) is 2.90. The molecule has 0 aliphatic carbocycles. The largest absolute Gasteiger partial charge is 0.482 e. The molecule has 6 heteroatoms. The first-order chi connectivity index (χ1) is 12.5. The fourth-order valence-electron chi connectivity index (χ4n) is 3.43. The monoisotopic (exact) mass is 352 g/mol. The molecule has 4 rings (SSSR count). The Labute approximate surface area is 151 Å². The zero-order valence-corrected chi connectivity index (χ0v) is 14.7. The first kappa shape index (κ1) is 16.4. The van der Waals surface area contributed by atoms with Crippen LogP contribution in [0, 0.1) is 0 Å². The van der Waals surface area contributed by atoms with Crippen LogP contribution in [0.15, 0.2) is 42.5 Å². The summed E-state index contributed by atoms with van der Waals surface area (Å²) in [4.78, 5) is 26.1. The summed E-state index contributed by atoms with van der Waals surface area (Å²) in [7, 11) is 0. The van der Waals surface area contributed by atoms with Crippen LogP contribution in [0.25, 0.3) is 0 Å². The number of carbonyl (C=O) groups excluding carboxylic acids is 2. The van der Waals surface area contributed by atoms with Gasteiger partial charge < -0.3 is 19.7 Å². The van der Waals surface area contributed by atoms with Gasteiger partial charge in [0, 0.05) is 24.8 Å². The molecule has 2 aliphatic rings. The lowest BCUT2D eigenvalue weighted by Crippen LogP contribution is -2.46. The molecule has 26 heavy (non-hydrogen) atoms. The van der Waals surface area contributed by atoms with Gasteiger partial charge in [-0.05, 0) is 49.2 Å². The van der Waals surface area contributed by atoms with E-state index in [2.05, 4.69) is 5.32 Å². The van der Waals surface area contributed by atoms with Crippen molar-refractivity contribution in [3.8, 4) is 11.5 Å². The molecule has 2 amide bonds. The summed E-state index contributed by atoms with van der Waals surface area (Å²) in [5.74, 6) is 0.983. The van der Waals surface area contributed by atoms with E-state index in [9.17, 15) is 9.59 Å². The van der Waals surface area contributed by atoms with Crippen LogP contribution in [0.1, 0.15) is 19.4 Å². The quantitative estimate of drug-likeness (QED) is 0.902. The number of benzene rings is 2. The molecule has 2 heterocycles. The number of para-hydroxylation sites is 2. The van der Waals surface area contributed by atoms with E-state index in [1.54, 1.807) is 24.0 Å². The van der Waals surface area contributed by atoms with Gasteiger partial charge in [0.05, 0.1) is 0 Å². The Kier molecular flexibility index (Phi) is 4.03. The molecule has 0 saturated carbocycles. The minimum atomic E-state index is -0.730. The fourth-order valence-corrected chi connectivity index (χ4v) is 3.43. The summed E-state index contributed by atoms with van der Waals surface area (Å²) in [6.07, 6.45) is -0.342. The van der Waals surface area contributed by atoms with Gasteiger partial charge in [-0.15, -0.1) is 0 Å². The highest BCUT2D eigenvalue weighted by molar-refractivity contribution is 5.97. The molecule has 2 aliphatic heterocycles. The van der Waals surface area contributed by atoms with Gasteiger partial charge in [-0.1, -0.05) is 12.1 Å². The Hall–Kier alpha value is -3.02. The molecule has 0 radical (unpaired) electrons. The van der Waals surface area contributed by atoms with Crippen molar-refractivity contribution in [2.45, 2.75) is 32.5 Å². The second kappa shape index (κ2) is 6.37. The number of nitrogens with one attached hydrogen (secondary N) is 1. The third-order valence-electron chi connectivity index (χ3n) is 4.72. The Morgan fingerprint density at radius 2 is 1.85 bits per heavy atom. The van der Waals surface area contributed by atoms with E-state index < -0.39 is 12.2 Å². The molecule has 2 atom stereocenters. The minimum absolute atomic E-state index is 0.0285. The number of rotatable bonds is 2.